The Balaban J connectivity index is 1.60. The van der Waals surface area contributed by atoms with Gasteiger partial charge in [0, 0.05) is 5.02 Å². The molecule has 1 aliphatic carbocycles. The van der Waals surface area contributed by atoms with E-state index in [-0.39, 0.29) is 18.1 Å². The van der Waals surface area contributed by atoms with Crippen LogP contribution in [0.1, 0.15) is 18.4 Å². The van der Waals surface area contributed by atoms with Crippen LogP contribution in [0.3, 0.4) is 0 Å². The van der Waals surface area contributed by atoms with Gasteiger partial charge in [-0.3, -0.25) is 4.79 Å². The van der Waals surface area contributed by atoms with Crippen LogP contribution in [0.25, 0.3) is 0 Å². The Morgan fingerprint density at radius 2 is 1.78 bits per heavy atom. The van der Waals surface area contributed by atoms with E-state index in [0.717, 1.165) is 18.4 Å². The Morgan fingerprint density at radius 1 is 1.13 bits per heavy atom. The molecule has 23 heavy (non-hydrogen) atoms. The maximum Gasteiger partial charge on any atom is 0.258 e. The number of hydrogen-bond donors (Lipinski definition) is 1. The summed E-state index contributed by atoms with van der Waals surface area (Å²) < 4.78 is 10.8. The third-order valence-corrected chi connectivity index (χ3v) is 4.21. The molecule has 0 saturated heterocycles. The smallest absolute Gasteiger partial charge is 0.258 e. The average molecular weight is 332 g/mol. The number of halogens is 1. The summed E-state index contributed by atoms with van der Waals surface area (Å²) >= 11 is 5.91. The molecule has 0 radical (unpaired) electrons. The zero-order chi connectivity index (χ0) is 16.3. The number of hydrogen-bond acceptors (Lipinski definition) is 3. The second-order valence-corrected chi connectivity index (χ2v) is 6.01. The van der Waals surface area contributed by atoms with Crippen molar-refractivity contribution in [3.05, 3.63) is 59.1 Å². The van der Waals surface area contributed by atoms with E-state index in [9.17, 15) is 4.79 Å². The first kappa shape index (κ1) is 15.7. The molecule has 4 nitrogen and oxygen atoms in total. The second-order valence-electron chi connectivity index (χ2n) is 5.58. The monoisotopic (exact) mass is 331 g/mol. The van der Waals surface area contributed by atoms with Crippen LogP contribution in [0.4, 0.5) is 0 Å². The van der Waals surface area contributed by atoms with Crippen LogP contribution in [0.15, 0.2) is 48.5 Å². The topological polar surface area (TPSA) is 47.6 Å². The maximum atomic E-state index is 12.2. The number of nitrogens with one attached hydrogen (secondary N) is 1. The van der Waals surface area contributed by atoms with E-state index in [1.165, 1.54) is 0 Å². The fourth-order valence-corrected chi connectivity index (χ4v) is 2.69. The Bertz CT molecular complexity index is 696. The highest BCUT2D eigenvalue weighted by molar-refractivity contribution is 6.30. The number of para-hydroxylation sites is 2. The van der Waals surface area contributed by atoms with Crippen LogP contribution in [0.5, 0.6) is 11.5 Å². The van der Waals surface area contributed by atoms with Crippen molar-refractivity contribution in [3.8, 4) is 11.5 Å². The molecule has 0 unspecified atom stereocenters. The van der Waals surface area contributed by atoms with E-state index >= 15 is 0 Å². The molecule has 0 atom stereocenters. The lowest BCUT2D eigenvalue weighted by atomic mass is 10.1. The van der Waals surface area contributed by atoms with Crippen molar-refractivity contribution in [2.75, 3.05) is 13.7 Å². The molecule has 1 fully saturated rings. The van der Waals surface area contributed by atoms with Gasteiger partial charge in [0.15, 0.2) is 18.1 Å². The molecule has 1 saturated carbocycles. The summed E-state index contributed by atoms with van der Waals surface area (Å²) in [6, 6.07) is 14.9. The van der Waals surface area contributed by atoms with Gasteiger partial charge >= 0.3 is 0 Å². The number of methoxy groups -OCH3 is 1. The summed E-state index contributed by atoms with van der Waals surface area (Å²) in [6.45, 7) is -0.0459. The molecule has 5 heteroatoms. The molecular weight excluding hydrogens is 314 g/mol. The number of ether oxygens (including phenoxy) is 2. The summed E-state index contributed by atoms with van der Waals surface area (Å²) in [5.41, 5.74) is 0.804. The lowest BCUT2D eigenvalue weighted by Gasteiger charge is -2.18. The number of carbonyl (C=O) groups excluding carboxylic acids is 1. The zero-order valence-corrected chi connectivity index (χ0v) is 13.6. The minimum atomic E-state index is -0.272. The normalized spacial score (nSPS) is 14.9. The molecular formula is C18H18ClNO3. The maximum absolute atomic E-state index is 12.2. The molecule has 1 aliphatic rings. The molecule has 0 bridgehead atoms. The van der Waals surface area contributed by atoms with Crippen LogP contribution in [0, 0.1) is 0 Å². The van der Waals surface area contributed by atoms with Gasteiger partial charge in [0.05, 0.1) is 12.6 Å². The quantitative estimate of drug-likeness (QED) is 0.880. The average Bonchev–Trinajstić information content (AvgIpc) is 3.34. The molecule has 120 valence electrons. The predicted octanol–water partition coefficient (Wildman–Crippen LogP) is 3.53. The minimum Gasteiger partial charge on any atom is -0.493 e. The fourth-order valence-electron chi connectivity index (χ4n) is 2.56. The summed E-state index contributed by atoms with van der Waals surface area (Å²) in [4.78, 5) is 12.2. The third kappa shape index (κ3) is 3.59. The van der Waals surface area contributed by atoms with Crippen molar-refractivity contribution in [3.63, 3.8) is 0 Å². The van der Waals surface area contributed by atoms with Crippen molar-refractivity contribution in [1.29, 1.82) is 0 Å². The molecule has 0 aliphatic heterocycles. The first-order valence-electron chi connectivity index (χ1n) is 7.46. The molecule has 3 rings (SSSR count). The number of carbonyl (C=O) groups is 1. The molecule has 0 aromatic heterocycles. The minimum absolute atomic E-state index is 0.0459. The van der Waals surface area contributed by atoms with Crippen molar-refractivity contribution in [2.24, 2.45) is 0 Å². The molecule has 1 amide bonds. The number of rotatable bonds is 6. The van der Waals surface area contributed by atoms with Crippen molar-refractivity contribution >= 4 is 17.5 Å². The summed E-state index contributed by atoms with van der Waals surface area (Å²) in [6.07, 6.45) is 1.85. The van der Waals surface area contributed by atoms with Gasteiger partial charge in [0.25, 0.3) is 5.91 Å². The number of amides is 1. The Hall–Kier alpha value is -2.20. The van der Waals surface area contributed by atoms with Gasteiger partial charge in [0.2, 0.25) is 0 Å². The molecule has 0 spiro atoms. The van der Waals surface area contributed by atoms with Crippen molar-refractivity contribution in [1.82, 2.24) is 5.32 Å². The van der Waals surface area contributed by atoms with Crippen LogP contribution >= 0.6 is 11.6 Å². The highest BCUT2D eigenvalue weighted by atomic mass is 35.5. The van der Waals surface area contributed by atoms with Crippen molar-refractivity contribution < 1.29 is 14.3 Å². The Morgan fingerprint density at radius 3 is 2.39 bits per heavy atom. The zero-order valence-electron chi connectivity index (χ0n) is 12.8. The van der Waals surface area contributed by atoms with Crippen LogP contribution in [-0.4, -0.2) is 19.6 Å². The van der Waals surface area contributed by atoms with E-state index in [1.807, 2.05) is 36.4 Å². The van der Waals surface area contributed by atoms with Gasteiger partial charge in [-0.25, -0.2) is 0 Å². The van der Waals surface area contributed by atoms with Gasteiger partial charge in [0.1, 0.15) is 0 Å². The standard InChI is InChI=1S/C18H18ClNO3/c1-22-15-4-2-3-5-16(15)23-12-17(21)20-18(10-11-18)13-6-8-14(19)9-7-13/h2-9H,10-12H2,1H3,(H,20,21). The van der Waals surface area contributed by atoms with Gasteiger partial charge in [-0.15, -0.1) is 0 Å². The van der Waals surface area contributed by atoms with E-state index in [0.29, 0.717) is 16.5 Å². The highest BCUT2D eigenvalue weighted by Crippen LogP contribution is 2.45. The van der Waals surface area contributed by atoms with E-state index < -0.39 is 0 Å². The van der Waals surface area contributed by atoms with E-state index in [4.69, 9.17) is 21.1 Å². The number of benzene rings is 2. The molecule has 2 aromatic carbocycles. The highest BCUT2D eigenvalue weighted by Gasteiger charge is 2.45. The molecule has 1 N–H and O–H groups in total. The second kappa shape index (κ2) is 6.50. The van der Waals surface area contributed by atoms with Gasteiger partial charge in [-0.1, -0.05) is 35.9 Å². The summed E-state index contributed by atoms with van der Waals surface area (Å²) in [7, 11) is 1.57. The predicted molar refractivity (Wildman–Crippen MR) is 89.0 cm³/mol. The lowest BCUT2D eigenvalue weighted by molar-refractivity contribution is -0.124. The fraction of sp³-hybridized carbons (Fsp3) is 0.278. The lowest BCUT2D eigenvalue weighted by Crippen LogP contribution is -2.38. The van der Waals surface area contributed by atoms with Crippen LogP contribution in [0.2, 0.25) is 5.02 Å². The van der Waals surface area contributed by atoms with E-state index in [1.54, 1.807) is 19.2 Å². The summed E-state index contributed by atoms with van der Waals surface area (Å²) in [5.74, 6) is 1.02. The largest absolute Gasteiger partial charge is 0.493 e. The van der Waals surface area contributed by atoms with Gasteiger partial charge < -0.3 is 14.8 Å². The third-order valence-electron chi connectivity index (χ3n) is 3.95. The molecule has 0 heterocycles. The van der Waals surface area contributed by atoms with E-state index in [2.05, 4.69) is 5.32 Å². The summed E-state index contributed by atoms with van der Waals surface area (Å²) in [5, 5.41) is 3.75. The first-order chi connectivity index (χ1) is 11.1. The SMILES string of the molecule is COc1ccccc1OCC(=O)NC1(c2ccc(Cl)cc2)CC1. The van der Waals surface area contributed by atoms with Crippen molar-refractivity contribution in [2.45, 2.75) is 18.4 Å². The van der Waals surface area contributed by atoms with Gasteiger partial charge in [-0.05, 0) is 42.7 Å². The Kier molecular flexibility index (Phi) is 4.44. The van der Waals surface area contributed by atoms with Crippen LogP contribution in [-0.2, 0) is 10.3 Å². The first-order valence-corrected chi connectivity index (χ1v) is 7.84. The molecule has 2 aromatic rings. The van der Waals surface area contributed by atoms with Gasteiger partial charge in [-0.2, -0.15) is 0 Å². The van der Waals surface area contributed by atoms with Crippen LogP contribution < -0.4 is 14.8 Å². The Labute approximate surface area is 140 Å².